The highest BCUT2D eigenvalue weighted by Gasteiger charge is 2.48. The third-order valence-corrected chi connectivity index (χ3v) is 6.97. The molecule has 0 spiro atoms. The van der Waals surface area contributed by atoms with Crippen LogP contribution in [0.15, 0.2) is 36.5 Å². The largest absolute Gasteiger partial charge is 0.469 e. The summed E-state index contributed by atoms with van der Waals surface area (Å²) < 4.78 is 7.93. The number of rotatable bonds is 3. The molecule has 0 N–H and O–H groups in total. The summed E-state index contributed by atoms with van der Waals surface area (Å²) in [6, 6.07) is 10.8. The van der Waals surface area contributed by atoms with Crippen LogP contribution in [0.4, 0.5) is 5.82 Å². The average molecular weight is 488 g/mol. The van der Waals surface area contributed by atoms with E-state index in [1.54, 1.807) is 0 Å². The van der Waals surface area contributed by atoms with Gasteiger partial charge in [0.05, 0.1) is 30.4 Å². The molecule has 3 heterocycles. The number of fused-ring (bicyclic) bond motifs is 3. The molecule has 5 rings (SSSR count). The number of nitrogens with zero attached hydrogens (tertiary/aromatic N) is 4. The maximum atomic E-state index is 11.9. The van der Waals surface area contributed by atoms with Crippen LogP contribution in [-0.4, -0.2) is 40.4 Å². The zero-order chi connectivity index (χ0) is 19.4. The zero-order valence-corrected chi connectivity index (χ0v) is 18.0. The van der Waals surface area contributed by atoms with Gasteiger partial charge in [-0.2, -0.15) is 5.10 Å². The Balaban J connectivity index is 1.42. The van der Waals surface area contributed by atoms with Gasteiger partial charge in [0.25, 0.3) is 0 Å². The number of anilines is 1. The number of para-hydroxylation sites is 1. The molecular weight excluding hydrogens is 467 g/mol. The van der Waals surface area contributed by atoms with E-state index in [-0.39, 0.29) is 11.9 Å². The lowest BCUT2D eigenvalue weighted by atomic mass is 9.95. The van der Waals surface area contributed by atoms with Crippen molar-refractivity contribution in [2.24, 2.45) is 11.8 Å². The molecule has 1 saturated carbocycles. The Labute approximate surface area is 177 Å². The molecule has 144 valence electrons. The molecule has 28 heavy (non-hydrogen) atoms. The van der Waals surface area contributed by atoms with Gasteiger partial charge in [-0.15, -0.1) is 0 Å². The second-order valence-corrected chi connectivity index (χ2v) is 8.74. The van der Waals surface area contributed by atoms with Crippen molar-refractivity contribution in [3.05, 3.63) is 45.8 Å². The van der Waals surface area contributed by atoms with Crippen LogP contribution in [0.3, 0.4) is 0 Å². The normalized spacial score (nSPS) is 23.5. The molecule has 3 aromatic rings. The van der Waals surface area contributed by atoms with Gasteiger partial charge in [0.15, 0.2) is 0 Å². The molecule has 2 aromatic heterocycles. The quantitative estimate of drug-likeness (QED) is 0.416. The smallest absolute Gasteiger partial charge is 0.309 e. The Kier molecular flexibility index (Phi) is 4.30. The summed E-state index contributed by atoms with van der Waals surface area (Å²) in [5.74, 6) is 1.33. The molecule has 6 nitrogen and oxygen atoms in total. The first kappa shape index (κ1) is 17.9. The number of piperidine rings is 1. The number of hydrogen-bond acceptors (Lipinski definition) is 5. The number of benzene rings is 1. The molecule has 2 bridgehead atoms. The fourth-order valence-corrected chi connectivity index (χ4v) is 5.48. The maximum absolute atomic E-state index is 11.9. The van der Waals surface area contributed by atoms with Gasteiger partial charge in [0, 0.05) is 18.0 Å². The number of hydrogen-bond donors (Lipinski definition) is 0. The number of halogens is 1. The molecule has 7 heteroatoms. The van der Waals surface area contributed by atoms with Gasteiger partial charge in [-0.25, -0.2) is 9.67 Å². The van der Waals surface area contributed by atoms with Crippen molar-refractivity contribution in [3.8, 4) is 5.69 Å². The topological polar surface area (TPSA) is 60.2 Å². The molecule has 1 aliphatic carbocycles. The number of carbonyl (C=O) groups excluding carboxylic acids is 1. The van der Waals surface area contributed by atoms with E-state index in [1.807, 2.05) is 10.9 Å². The van der Waals surface area contributed by atoms with Gasteiger partial charge in [-0.05, 0) is 66.0 Å². The first-order valence-corrected chi connectivity index (χ1v) is 10.6. The van der Waals surface area contributed by atoms with Crippen LogP contribution in [-0.2, 0) is 9.53 Å². The van der Waals surface area contributed by atoms with Crippen LogP contribution in [0.25, 0.3) is 16.6 Å². The van der Waals surface area contributed by atoms with Crippen molar-refractivity contribution in [3.63, 3.8) is 0 Å². The Bertz CT molecular complexity index is 1060. The molecule has 0 amide bonds. The van der Waals surface area contributed by atoms with Crippen molar-refractivity contribution in [1.82, 2.24) is 14.8 Å². The Morgan fingerprint density at radius 2 is 2.11 bits per heavy atom. The number of esters is 1. The summed E-state index contributed by atoms with van der Waals surface area (Å²) in [6.07, 6.45) is 3.81. The van der Waals surface area contributed by atoms with E-state index >= 15 is 0 Å². The monoisotopic (exact) mass is 488 g/mol. The predicted octanol–water partition coefficient (Wildman–Crippen LogP) is 3.72. The van der Waals surface area contributed by atoms with E-state index in [9.17, 15) is 4.79 Å². The number of aromatic nitrogens is 3. The van der Waals surface area contributed by atoms with E-state index in [1.165, 1.54) is 12.7 Å². The molecule has 0 radical (unpaired) electrons. The highest BCUT2D eigenvalue weighted by molar-refractivity contribution is 14.1. The van der Waals surface area contributed by atoms with E-state index < -0.39 is 0 Å². The fourth-order valence-electron chi connectivity index (χ4n) is 4.83. The molecule has 1 saturated heterocycles. The van der Waals surface area contributed by atoms with Gasteiger partial charge < -0.3 is 9.64 Å². The standard InChI is InChI=1S/C21H21IN4O2/c1-12-4-3-5-16-19(12)26(24-20(16)22)14-6-7-18(23-10-14)25-11-13-8-15(25)9-17(13)21(27)28-2/h3-7,10,13,15,17H,8-9,11H2,1-2H3/t13-,15-,17+/m1/s1. The number of carbonyl (C=O) groups is 1. The minimum absolute atomic E-state index is 0.0472. The van der Waals surface area contributed by atoms with E-state index in [2.05, 4.69) is 64.7 Å². The Hall–Kier alpha value is -2.16. The van der Waals surface area contributed by atoms with Crippen molar-refractivity contribution < 1.29 is 9.53 Å². The molecule has 1 aliphatic heterocycles. The molecule has 1 aromatic carbocycles. The number of ether oxygens (including phenoxy) is 1. The summed E-state index contributed by atoms with van der Waals surface area (Å²) in [5, 5.41) is 5.89. The third kappa shape index (κ3) is 2.70. The van der Waals surface area contributed by atoms with Crippen LogP contribution in [0, 0.1) is 22.5 Å². The molecule has 2 aliphatic rings. The molecule has 2 fully saturated rings. The van der Waals surface area contributed by atoms with Crippen LogP contribution in [0.5, 0.6) is 0 Å². The van der Waals surface area contributed by atoms with Gasteiger partial charge in [-0.3, -0.25) is 4.79 Å². The van der Waals surface area contributed by atoms with Crippen LogP contribution >= 0.6 is 22.6 Å². The summed E-state index contributed by atoms with van der Waals surface area (Å²) in [5.41, 5.74) is 3.29. The lowest BCUT2D eigenvalue weighted by molar-refractivity contribution is -0.146. The summed E-state index contributed by atoms with van der Waals surface area (Å²) in [7, 11) is 1.48. The highest BCUT2D eigenvalue weighted by atomic mass is 127. The maximum Gasteiger partial charge on any atom is 0.309 e. The molecule has 0 unspecified atom stereocenters. The molecule has 3 atom stereocenters. The minimum atomic E-state index is -0.0639. The summed E-state index contributed by atoms with van der Waals surface area (Å²) >= 11 is 2.28. The van der Waals surface area contributed by atoms with Gasteiger partial charge >= 0.3 is 5.97 Å². The van der Waals surface area contributed by atoms with E-state index in [4.69, 9.17) is 14.8 Å². The minimum Gasteiger partial charge on any atom is -0.469 e. The number of pyridine rings is 1. The van der Waals surface area contributed by atoms with Crippen LogP contribution < -0.4 is 4.90 Å². The van der Waals surface area contributed by atoms with Crippen LogP contribution in [0.1, 0.15) is 18.4 Å². The Morgan fingerprint density at radius 3 is 2.79 bits per heavy atom. The summed E-state index contributed by atoms with van der Waals surface area (Å²) in [6.45, 7) is 2.98. The number of methoxy groups -OCH3 is 1. The SMILES string of the molecule is COC(=O)[C@H]1C[C@H]2C[C@@H]1CN2c1ccc(-n2nc(I)c3cccc(C)c32)cn1. The summed E-state index contributed by atoms with van der Waals surface area (Å²) in [4.78, 5) is 19.0. The lowest BCUT2D eigenvalue weighted by Crippen LogP contribution is -2.38. The Morgan fingerprint density at radius 1 is 1.25 bits per heavy atom. The van der Waals surface area contributed by atoms with Crippen LogP contribution in [0.2, 0.25) is 0 Å². The lowest BCUT2D eigenvalue weighted by Gasteiger charge is -2.31. The number of aryl methyl sites for hydroxylation is 1. The van der Waals surface area contributed by atoms with E-state index in [0.29, 0.717) is 12.0 Å². The first-order valence-electron chi connectivity index (χ1n) is 9.51. The van der Waals surface area contributed by atoms with Gasteiger partial charge in [-0.1, -0.05) is 18.2 Å². The third-order valence-electron chi connectivity index (χ3n) is 6.18. The first-order chi connectivity index (χ1) is 13.6. The average Bonchev–Trinajstić information content (AvgIpc) is 3.41. The van der Waals surface area contributed by atoms with Crippen molar-refractivity contribution >= 4 is 45.3 Å². The second kappa shape index (κ2) is 6.72. The highest BCUT2D eigenvalue weighted by Crippen LogP contribution is 2.44. The predicted molar refractivity (Wildman–Crippen MR) is 116 cm³/mol. The van der Waals surface area contributed by atoms with Crippen molar-refractivity contribution in [2.45, 2.75) is 25.8 Å². The zero-order valence-electron chi connectivity index (χ0n) is 15.8. The van der Waals surface area contributed by atoms with E-state index in [0.717, 1.165) is 45.5 Å². The second-order valence-electron chi connectivity index (χ2n) is 7.72. The fraction of sp³-hybridized carbons (Fsp3) is 0.381. The van der Waals surface area contributed by atoms with Crippen molar-refractivity contribution in [2.75, 3.05) is 18.6 Å². The van der Waals surface area contributed by atoms with Crippen molar-refractivity contribution in [1.29, 1.82) is 0 Å². The van der Waals surface area contributed by atoms with Gasteiger partial charge in [0.2, 0.25) is 0 Å². The van der Waals surface area contributed by atoms with Gasteiger partial charge in [0.1, 0.15) is 9.52 Å². The molecular formula is C21H21IN4O2.